The molecule has 1 aliphatic carbocycles. The maximum atomic E-state index is 12.9. The first-order valence-corrected chi connectivity index (χ1v) is 10.4. The number of ether oxygens (including phenoxy) is 1. The number of benzene rings is 1. The molecule has 6 nitrogen and oxygen atoms in total. The number of rotatable bonds is 6. The summed E-state index contributed by atoms with van der Waals surface area (Å²) in [5.41, 5.74) is 3.06. The molecule has 1 aromatic heterocycles. The minimum Gasteiger partial charge on any atom is -0.374 e. The van der Waals surface area contributed by atoms with E-state index in [9.17, 15) is 4.79 Å². The first-order chi connectivity index (χ1) is 13.7. The maximum Gasteiger partial charge on any atom is 0.229 e. The third-order valence-corrected chi connectivity index (χ3v) is 5.94. The van der Waals surface area contributed by atoms with E-state index in [1.165, 1.54) is 32.1 Å². The van der Waals surface area contributed by atoms with E-state index >= 15 is 0 Å². The summed E-state index contributed by atoms with van der Waals surface area (Å²) >= 11 is 0. The molecule has 0 bridgehead atoms. The van der Waals surface area contributed by atoms with E-state index in [0.717, 1.165) is 23.4 Å². The molecule has 2 N–H and O–H groups in total. The normalized spacial score (nSPS) is 23.0. The number of hydrogen-bond donors (Lipinski definition) is 2. The Hall–Kier alpha value is -2.18. The lowest BCUT2D eigenvalue weighted by atomic mass is 9.90. The summed E-state index contributed by atoms with van der Waals surface area (Å²) in [7, 11) is 1.90. The highest BCUT2D eigenvalue weighted by Crippen LogP contribution is 2.29. The van der Waals surface area contributed by atoms with E-state index in [1.807, 2.05) is 37.6 Å². The number of aryl methyl sites for hydroxylation is 1. The molecule has 1 saturated carbocycles. The number of carbonyl (C=O) groups excluding carboxylic acids is 1. The maximum absolute atomic E-state index is 12.9. The van der Waals surface area contributed by atoms with Gasteiger partial charge in [0.15, 0.2) is 0 Å². The van der Waals surface area contributed by atoms with E-state index in [4.69, 9.17) is 4.74 Å². The number of hydrogen-bond acceptors (Lipinski definition) is 4. The molecule has 0 spiro atoms. The molecule has 4 rings (SSSR count). The summed E-state index contributed by atoms with van der Waals surface area (Å²) in [6.07, 6.45) is 10.5. The highest BCUT2D eigenvalue weighted by molar-refractivity contribution is 5.93. The van der Waals surface area contributed by atoms with Crippen LogP contribution in [0.25, 0.3) is 0 Å². The van der Waals surface area contributed by atoms with Crippen LogP contribution in [0, 0.1) is 5.92 Å². The fourth-order valence-corrected chi connectivity index (χ4v) is 4.36. The molecule has 1 amide bonds. The van der Waals surface area contributed by atoms with Crippen molar-refractivity contribution in [3.8, 4) is 0 Å². The number of amides is 1. The van der Waals surface area contributed by atoms with Crippen molar-refractivity contribution in [2.45, 2.75) is 50.7 Å². The standard InChI is InChI=1S/C22H30N4O2/c1-26-14-17(11-24-26)20-12-23-13-21(20)22(27)25-18-7-5-6-16(10-18)15-28-19-8-3-2-4-9-19/h5-7,10-11,14,19-21,23H,2-4,8-9,12-13,15H2,1H3,(H,25,27)/t20-,21+/m1/s1. The molecular formula is C22H30N4O2. The Balaban J connectivity index is 1.36. The van der Waals surface area contributed by atoms with Gasteiger partial charge in [0.05, 0.1) is 24.8 Å². The second-order valence-corrected chi connectivity index (χ2v) is 8.08. The van der Waals surface area contributed by atoms with Gasteiger partial charge in [0.2, 0.25) is 5.91 Å². The lowest BCUT2D eigenvalue weighted by molar-refractivity contribution is -0.119. The zero-order valence-electron chi connectivity index (χ0n) is 16.6. The smallest absolute Gasteiger partial charge is 0.229 e. The number of nitrogens with one attached hydrogen (secondary N) is 2. The highest BCUT2D eigenvalue weighted by atomic mass is 16.5. The average Bonchev–Trinajstić information content (AvgIpc) is 3.36. The Labute approximate surface area is 166 Å². The van der Waals surface area contributed by atoms with Gasteiger partial charge in [0.1, 0.15) is 0 Å². The zero-order valence-corrected chi connectivity index (χ0v) is 16.6. The third-order valence-electron chi connectivity index (χ3n) is 5.94. The van der Waals surface area contributed by atoms with Crippen molar-refractivity contribution in [1.29, 1.82) is 0 Å². The summed E-state index contributed by atoms with van der Waals surface area (Å²) in [6, 6.07) is 8.03. The van der Waals surface area contributed by atoms with Gasteiger partial charge in [-0.15, -0.1) is 0 Å². The van der Waals surface area contributed by atoms with Gasteiger partial charge in [-0.2, -0.15) is 5.10 Å². The van der Waals surface area contributed by atoms with Gasteiger partial charge < -0.3 is 15.4 Å². The Morgan fingerprint density at radius 3 is 2.93 bits per heavy atom. The van der Waals surface area contributed by atoms with Crippen LogP contribution in [-0.2, 0) is 23.2 Å². The van der Waals surface area contributed by atoms with E-state index in [0.29, 0.717) is 19.3 Å². The topological polar surface area (TPSA) is 68.2 Å². The van der Waals surface area contributed by atoms with Crippen molar-refractivity contribution in [3.63, 3.8) is 0 Å². The predicted molar refractivity (Wildman–Crippen MR) is 109 cm³/mol. The summed E-state index contributed by atoms with van der Waals surface area (Å²) in [5, 5.41) is 10.7. The van der Waals surface area contributed by atoms with Gasteiger partial charge in [0, 0.05) is 37.9 Å². The Kier molecular flexibility index (Phi) is 6.07. The molecule has 28 heavy (non-hydrogen) atoms. The van der Waals surface area contributed by atoms with Crippen LogP contribution in [0.3, 0.4) is 0 Å². The fraction of sp³-hybridized carbons (Fsp3) is 0.545. The van der Waals surface area contributed by atoms with Gasteiger partial charge in [-0.3, -0.25) is 9.48 Å². The predicted octanol–water partition coefficient (Wildman–Crippen LogP) is 3.21. The van der Waals surface area contributed by atoms with Gasteiger partial charge in [0.25, 0.3) is 0 Å². The molecule has 1 aromatic carbocycles. The summed E-state index contributed by atoms with van der Waals surface area (Å²) in [6.45, 7) is 2.10. The van der Waals surface area contributed by atoms with Crippen molar-refractivity contribution in [2.75, 3.05) is 18.4 Å². The van der Waals surface area contributed by atoms with Crippen molar-refractivity contribution in [1.82, 2.24) is 15.1 Å². The van der Waals surface area contributed by atoms with Gasteiger partial charge in [-0.1, -0.05) is 31.4 Å². The van der Waals surface area contributed by atoms with Crippen LogP contribution in [0.2, 0.25) is 0 Å². The van der Waals surface area contributed by atoms with Gasteiger partial charge in [-0.05, 0) is 36.1 Å². The summed E-state index contributed by atoms with van der Waals surface area (Å²) in [5.74, 6) is 0.127. The van der Waals surface area contributed by atoms with E-state index < -0.39 is 0 Å². The van der Waals surface area contributed by atoms with Crippen molar-refractivity contribution >= 4 is 11.6 Å². The second kappa shape index (κ2) is 8.88. The third kappa shape index (κ3) is 4.62. The monoisotopic (exact) mass is 382 g/mol. The van der Waals surface area contributed by atoms with Crippen molar-refractivity contribution in [3.05, 3.63) is 47.8 Å². The lowest BCUT2D eigenvalue weighted by Gasteiger charge is -2.22. The lowest BCUT2D eigenvalue weighted by Crippen LogP contribution is -2.28. The Bertz CT molecular complexity index is 797. The van der Waals surface area contributed by atoms with Crippen molar-refractivity contribution < 1.29 is 9.53 Å². The molecule has 2 aromatic rings. The average molecular weight is 383 g/mol. The van der Waals surface area contributed by atoms with Gasteiger partial charge in [-0.25, -0.2) is 0 Å². The van der Waals surface area contributed by atoms with Crippen LogP contribution in [0.4, 0.5) is 5.69 Å². The molecule has 2 heterocycles. The van der Waals surface area contributed by atoms with Gasteiger partial charge >= 0.3 is 0 Å². The quantitative estimate of drug-likeness (QED) is 0.805. The summed E-state index contributed by atoms with van der Waals surface area (Å²) in [4.78, 5) is 12.9. The molecule has 2 atom stereocenters. The van der Waals surface area contributed by atoms with Crippen LogP contribution in [0.1, 0.15) is 49.1 Å². The molecule has 6 heteroatoms. The molecule has 1 aliphatic heterocycles. The van der Waals surface area contributed by atoms with E-state index in [1.54, 1.807) is 4.68 Å². The molecule has 0 radical (unpaired) electrons. The van der Waals surface area contributed by atoms with E-state index in [-0.39, 0.29) is 17.7 Å². The van der Waals surface area contributed by atoms with Crippen molar-refractivity contribution in [2.24, 2.45) is 13.0 Å². The molecule has 2 aliphatic rings. The largest absolute Gasteiger partial charge is 0.374 e. The number of aromatic nitrogens is 2. The first kappa shape index (κ1) is 19.2. The minimum absolute atomic E-state index is 0.0594. The molecule has 1 saturated heterocycles. The highest BCUT2D eigenvalue weighted by Gasteiger charge is 2.34. The van der Waals surface area contributed by atoms with Crippen LogP contribution < -0.4 is 10.6 Å². The van der Waals surface area contributed by atoms with Crippen LogP contribution in [0.15, 0.2) is 36.7 Å². The minimum atomic E-state index is -0.0913. The molecule has 150 valence electrons. The van der Waals surface area contributed by atoms with E-state index in [2.05, 4.69) is 21.8 Å². The number of nitrogens with zero attached hydrogens (tertiary/aromatic N) is 2. The summed E-state index contributed by atoms with van der Waals surface area (Å²) < 4.78 is 7.86. The van der Waals surface area contributed by atoms with Crippen LogP contribution >= 0.6 is 0 Å². The van der Waals surface area contributed by atoms with Crippen LogP contribution in [-0.4, -0.2) is 34.9 Å². The molecule has 0 unspecified atom stereocenters. The molecular weight excluding hydrogens is 352 g/mol. The SMILES string of the molecule is Cn1cc([C@H]2CNC[C@@H]2C(=O)Nc2cccc(COC3CCCCC3)c2)cn1. The molecule has 2 fully saturated rings. The second-order valence-electron chi connectivity index (χ2n) is 8.08. The van der Waals surface area contributed by atoms with Crippen LogP contribution in [0.5, 0.6) is 0 Å². The Morgan fingerprint density at radius 1 is 1.29 bits per heavy atom. The number of carbonyl (C=O) groups is 1. The first-order valence-electron chi connectivity index (χ1n) is 10.4. The number of anilines is 1. The fourth-order valence-electron chi connectivity index (χ4n) is 4.36. The Morgan fingerprint density at radius 2 is 2.14 bits per heavy atom. The zero-order chi connectivity index (χ0) is 19.3.